The van der Waals surface area contributed by atoms with Gasteiger partial charge in [-0.25, -0.2) is 4.98 Å². The molecule has 128 valence electrons. The average molecular weight is 328 g/mol. The molecule has 2 aliphatic rings. The molecular formula is C17H24N6O. The summed E-state index contributed by atoms with van der Waals surface area (Å²) >= 11 is 0. The minimum Gasteiger partial charge on any atom is -0.341 e. The molecule has 2 aromatic rings. The summed E-state index contributed by atoms with van der Waals surface area (Å²) in [6, 6.07) is 2.41. The third-order valence-electron chi connectivity index (χ3n) is 5.08. The van der Waals surface area contributed by atoms with E-state index in [2.05, 4.69) is 25.6 Å². The highest BCUT2D eigenvalue weighted by molar-refractivity contribution is 5.78. The van der Waals surface area contributed by atoms with Gasteiger partial charge in [0, 0.05) is 52.4 Å². The minimum atomic E-state index is 0.271. The lowest BCUT2D eigenvalue weighted by Crippen LogP contribution is -2.42. The lowest BCUT2D eigenvalue weighted by molar-refractivity contribution is -0.128. The third kappa shape index (κ3) is 2.84. The normalized spacial score (nSPS) is 21.5. The second-order valence-corrected chi connectivity index (χ2v) is 6.96. The fourth-order valence-electron chi connectivity index (χ4n) is 3.92. The molecule has 7 heteroatoms. The molecule has 0 bridgehead atoms. The van der Waals surface area contributed by atoms with E-state index in [-0.39, 0.29) is 11.9 Å². The molecule has 7 nitrogen and oxygen atoms in total. The van der Waals surface area contributed by atoms with Crippen molar-refractivity contribution in [3.8, 4) is 0 Å². The Bertz CT molecular complexity index is 748. The molecule has 4 rings (SSSR count). The van der Waals surface area contributed by atoms with E-state index in [0.717, 1.165) is 44.8 Å². The Morgan fingerprint density at radius 1 is 1.38 bits per heavy atom. The van der Waals surface area contributed by atoms with E-state index in [1.807, 2.05) is 36.1 Å². The van der Waals surface area contributed by atoms with E-state index in [9.17, 15) is 4.79 Å². The third-order valence-corrected chi connectivity index (χ3v) is 5.08. The largest absolute Gasteiger partial charge is 0.341 e. The van der Waals surface area contributed by atoms with Crippen molar-refractivity contribution in [3.05, 3.63) is 35.7 Å². The van der Waals surface area contributed by atoms with Gasteiger partial charge in [0.1, 0.15) is 0 Å². The molecule has 0 aliphatic carbocycles. The molecule has 1 amide bonds. The van der Waals surface area contributed by atoms with Crippen molar-refractivity contribution in [2.75, 3.05) is 19.6 Å². The van der Waals surface area contributed by atoms with E-state index < -0.39 is 0 Å². The van der Waals surface area contributed by atoms with Crippen molar-refractivity contribution < 1.29 is 4.79 Å². The van der Waals surface area contributed by atoms with Gasteiger partial charge in [-0.1, -0.05) is 0 Å². The second kappa shape index (κ2) is 6.05. The van der Waals surface area contributed by atoms with Crippen LogP contribution in [0.2, 0.25) is 0 Å². The van der Waals surface area contributed by atoms with Gasteiger partial charge in [-0.05, 0) is 19.4 Å². The lowest BCUT2D eigenvalue weighted by Gasteiger charge is -2.36. The molecule has 1 unspecified atom stereocenters. The lowest BCUT2D eigenvalue weighted by atomic mass is 10.1. The first kappa shape index (κ1) is 15.4. The van der Waals surface area contributed by atoms with Crippen LogP contribution >= 0.6 is 0 Å². The fraction of sp³-hybridized carbons (Fsp3) is 0.588. The summed E-state index contributed by atoms with van der Waals surface area (Å²) in [5.74, 6) is 0.288. The SMILES string of the molecule is Cc1cc(CN2Cc3cncn3C(CN3CCCC3=O)C2)n(C)n1. The van der Waals surface area contributed by atoms with Crippen LogP contribution in [0, 0.1) is 6.92 Å². The number of amides is 1. The number of aryl methyl sites for hydroxylation is 2. The molecule has 24 heavy (non-hydrogen) atoms. The molecule has 4 heterocycles. The number of imidazole rings is 1. The number of likely N-dealkylation sites (tertiary alicyclic amines) is 1. The number of hydrogen-bond acceptors (Lipinski definition) is 4. The van der Waals surface area contributed by atoms with E-state index >= 15 is 0 Å². The molecule has 0 saturated carbocycles. The fourth-order valence-corrected chi connectivity index (χ4v) is 3.92. The monoisotopic (exact) mass is 328 g/mol. The molecule has 0 N–H and O–H groups in total. The Morgan fingerprint density at radius 3 is 2.96 bits per heavy atom. The smallest absolute Gasteiger partial charge is 0.222 e. The van der Waals surface area contributed by atoms with Crippen LogP contribution in [0.25, 0.3) is 0 Å². The van der Waals surface area contributed by atoms with Gasteiger partial charge in [0.25, 0.3) is 0 Å². The Kier molecular flexibility index (Phi) is 3.88. The number of rotatable bonds is 4. The number of carbonyl (C=O) groups excluding carboxylic acids is 1. The van der Waals surface area contributed by atoms with E-state index in [4.69, 9.17) is 0 Å². The molecule has 1 saturated heterocycles. The van der Waals surface area contributed by atoms with Crippen molar-refractivity contribution in [1.82, 2.24) is 29.1 Å². The maximum Gasteiger partial charge on any atom is 0.222 e. The zero-order valence-electron chi connectivity index (χ0n) is 14.4. The summed E-state index contributed by atoms with van der Waals surface area (Å²) in [4.78, 5) is 20.8. The van der Waals surface area contributed by atoms with Crippen LogP contribution in [-0.2, 0) is 24.9 Å². The van der Waals surface area contributed by atoms with E-state index in [1.165, 1.54) is 11.4 Å². The summed E-state index contributed by atoms with van der Waals surface area (Å²) in [5.41, 5.74) is 3.49. The summed E-state index contributed by atoms with van der Waals surface area (Å²) in [5, 5.41) is 4.44. The maximum absolute atomic E-state index is 12.0. The Balaban J connectivity index is 1.52. The molecule has 1 atom stereocenters. The van der Waals surface area contributed by atoms with Crippen LogP contribution < -0.4 is 0 Å². The van der Waals surface area contributed by atoms with Gasteiger partial charge in [0.05, 0.1) is 29.5 Å². The van der Waals surface area contributed by atoms with E-state index in [1.54, 1.807) is 0 Å². The zero-order valence-corrected chi connectivity index (χ0v) is 14.4. The number of carbonyl (C=O) groups is 1. The first-order chi connectivity index (χ1) is 11.6. The predicted octanol–water partition coefficient (Wildman–Crippen LogP) is 1.10. The van der Waals surface area contributed by atoms with Crippen LogP contribution in [0.3, 0.4) is 0 Å². The second-order valence-electron chi connectivity index (χ2n) is 6.96. The van der Waals surface area contributed by atoms with Crippen molar-refractivity contribution in [2.24, 2.45) is 7.05 Å². The highest BCUT2D eigenvalue weighted by Crippen LogP contribution is 2.25. The summed E-state index contributed by atoms with van der Waals surface area (Å²) in [7, 11) is 2.00. The van der Waals surface area contributed by atoms with Crippen molar-refractivity contribution in [2.45, 2.75) is 38.9 Å². The van der Waals surface area contributed by atoms with Crippen LogP contribution in [0.1, 0.15) is 36.0 Å². The highest BCUT2D eigenvalue weighted by Gasteiger charge is 2.30. The van der Waals surface area contributed by atoms with Crippen LogP contribution in [0.15, 0.2) is 18.6 Å². The predicted molar refractivity (Wildman–Crippen MR) is 89.1 cm³/mol. The number of fused-ring (bicyclic) bond motifs is 1. The summed E-state index contributed by atoms with van der Waals surface area (Å²) < 4.78 is 4.21. The van der Waals surface area contributed by atoms with Gasteiger partial charge < -0.3 is 9.47 Å². The molecule has 2 aromatic heterocycles. The van der Waals surface area contributed by atoms with E-state index in [0.29, 0.717) is 6.42 Å². The first-order valence-electron chi connectivity index (χ1n) is 8.60. The number of aromatic nitrogens is 4. The molecular weight excluding hydrogens is 304 g/mol. The van der Waals surface area contributed by atoms with Crippen LogP contribution in [0.4, 0.5) is 0 Å². The van der Waals surface area contributed by atoms with Gasteiger partial charge in [-0.15, -0.1) is 0 Å². The van der Waals surface area contributed by atoms with Crippen molar-refractivity contribution >= 4 is 5.91 Å². The number of hydrogen-bond donors (Lipinski definition) is 0. The number of nitrogens with zero attached hydrogens (tertiary/aromatic N) is 6. The van der Waals surface area contributed by atoms with Gasteiger partial charge >= 0.3 is 0 Å². The molecule has 0 radical (unpaired) electrons. The van der Waals surface area contributed by atoms with Gasteiger partial charge in [-0.3, -0.25) is 14.4 Å². The molecule has 0 aromatic carbocycles. The quantitative estimate of drug-likeness (QED) is 0.843. The molecule has 2 aliphatic heterocycles. The van der Waals surface area contributed by atoms with Gasteiger partial charge in [-0.2, -0.15) is 5.10 Å². The van der Waals surface area contributed by atoms with Crippen LogP contribution in [0.5, 0.6) is 0 Å². The van der Waals surface area contributed by atoms with Crippen LogP contribution in [-0.4, -0.2) is 54.7 Å². The molecule has 1 fully saturated rings. The topological polar surface area (TPSA) is 59.2 Å². The summed E-state index contributed by atoms with van der Waals surface area (Å²) in [6.07, 6.45) is 5.54. The van der Waals surface area contributed by atoms with Crippen molar-refractivity contribution in [1.29, 1.82) is 0 Å². The Labute approximate surface area is 141 Å². The van der Waals surface area contributed by atoms with Gasteiger partial charge in [0.15, 0.2) is 0 Å². The standard InChI is InChI=1S/C17H24N6O/c1-13-6-14(20(2)19-13)8-21-9-15-7-18-12-23(15)16(10-21)11-22-5-3-4-17(22)24/h6-7,12,16H,3-5,8-11H2,1-2H3. The molecule has 0 spiro atoms. The Morgan fingerprint density at radius 2 is 2.25 bits per heavy atom. The first-order valence-corrected chi connectivity index (χ1v) is 8.60. The Hall–Kier alpha value is -2.15. The maximum atomic E-state index is 12.0. The summed E-state index contributed by atoms with van der Waals surface area (Å²) in [6.45, 7) is 6.37. The average Bonchev–Trinajstić information content (AvgIpc) is 3.22. The highest BCUT2D eigenvalue weighted by atomic mass is 16.2. The van der Waals surface area contributed by atoms with Crippen molar-refractivity contribution in [3.63, 3.8) is 0 Å². The minimum absolute atomic E-state index is 0.271. The van der Waals surface area contributed by atoms with Gasteiger partial charge in [0.2, 0.25) is 5.91 Å². The zero-order chi connectivity index (χ0) is 16.7.